The number of amides is 1. The Bertz CT molecular complexity index is 1210. The molecule has 4 rings (SSSR count). The number of halogens is 3. The second-order valence-corrected chi connectivity index (χ2v) is 10.3. The molecule has 1 aliphatic heterocycles. The summed E-state index contributed by atoms with van der Waals surface area (Å²) in [7, 11) is -3.66. The minimum atomic E-state index is -3.66. The van der Waals surface area contributed by atoms with Crippen LogP contribution in [0.5, 0.6) is 0 Å². The Morgan fingerprint density at radius 1 is 1.17 bits per heavy atom. The van der Waals surface area contributed by atoms with Gasteiger partial charge in [0.15, 0.2) is 10.9 Å². The first kappa shape index (κ1) is 21.1. The van der Waals surface area contributed by atoms with Crippen molar-refractivity contribution in [3.63, 3.8) is 0 Å². The van der Waals surface area contributed by atoms with E-state index >= 15 is 0 Å². The number of anilines is 1. The number of hydrogen-bond acceptors (Lipinski definition) is 5. The number of carbonyl (C=O) groups excluding carboxylic acids is 1. The van der Waals surface area contributed by atoms with Crippen molar-refractivity contribution < 1.29 is 22.0 Å². The molecule has 1 N–H and O–H groups in total. The fourth-order valence-electron chi connectivity index (χ4n) is 3.33. The van der Waals surface area contributed by atoms with Gasteiger partial charge in [0, 0.05) is 30.1 Å². The Kier molecular flexibility index (Phi) is 5.75. The highest BCUT2D eigenvalue weighted by Gasteiger charge is 2.32. The topological polar surface area (TPSA) is 79.4 Å². The Morgan fingerprint density at radius 2 is 1.83 bits per heavy atom. The van der Waals surface area contributed by atoms with Crippen LogP contribution in [-0.4, -0.2) is 36.7 Å². The molecule has 0 radical (unpaired) electrons. The highest BCUT2D eigenvalue weighted by molar-refractivity contribution is 7.89. The van der Waals surface area contributed by atoms with E-state index < -0.39 is 27.6 Å². The number of hydrogen-bond donors (Lipinski definition) is 1. The number of fused-ring (bicyclic) bond motifs is 1. The van der Waals surface area contributed by atoms with Crippen molar-refractivity contribution in [2.75, 3.05) is 18.4 Å². The van der Waals surface area contributed by atoms with Gasteiger partial charge in [-0.15, -0.1) is 0 Å². The van der Waals surface area contributed by atoms with Gasteiger partial charge in [0.25, 0.3) is 0 Å². The molecule has 2 heterocycles. The van der Waals surface area contributed by atoms with Crippen molar-refractivity contribution in [2.24, 2.45) is 5.92 Å². The summed E-state index contributed by atoms with van der Waals surface area (Å²) in [5.74, 6) is -2.23. The number of aromatic nitrogens is 1. The third kappa shape index (κ3) is 4.18. The van der Waals surface area contributed by atoms with Crippen LogP contribution in [0.4, 0.5) is 13.9 Å². The number of benzene rings is 2. The van der Waals surface area contributed by atoms with Crippen molar-refractivity contribution >= 4 is 54.2 Å². The number of carbonyl (C=O) groups is 1. The largest absolute Gasteiger partial charge is 0.302 e. The summed E-state index contributed by atoms with van der Waals surface area (Å²) < 4.78 is 54.2. The van der Waals surface area contributed by atoms with E-state index in [0.717, 1.165) is 23.5 Å². The number of sulfonamides is 1. The predicted octanol–water partition coefficient (Wildman–Crippen LogP) is 4.27. The van der Waals surface area contributed by atoms with Crippen molar-refractivity contribution in [3.05, 3.63) is 53.1 Å². The Morgan fingerprint density at radius 3 is 2.50 bits per heavy atom. The molecule has 1 aliphatic rings. The van der Waals surface area contributed by atoms with E-state index in [1.165, 1.54) is 28.6 Å². The number of nitrogens with one attached hydrogen (secondary N) is 1. The molecule has 1 aromatic heterocycles. The molecule has 6 nitrogen and oxygen atoms in total. The van der Waals surface area contributed by atoms with Crippen LogP contribution < -0.4 is 5.32 Å². The monoisotopic (exact) mass is 471 g/mol. The first-order chi connectivity index (χ1) is 14.2. The fourth-order valence-corrected chi connectivity index (χ4v) is 5.84. The molecule has 0 saturated carbocycles. The molecule has 0 aliphatic carbocycles. The second-order valence-electron chi connectivity index (χ2n) is 6.87. The lowest BCUT2D eigenvalue weighted by molar-refractivity contribution is -0.120. The maximum atomic E-state index is 13.8. The van der Waals surface area contributed by atoms with Crippen LogP contribution >= 0.6 is 22.9 Å². The van der Waals surface area contributed by atoms with Crippen LogP contribution in [0, 0.1) is 17.6 Å². The van der Waals surface area contributed by atoms with E-state index in [-0.39, 0.29) is 34.5 Å². The van der Waals surface area contributed by atoms with Gasteiger partial charge in [0.05, 0.1) is 9.60 Å². The molecule has 0 atom stereocenters. The summed E-state index contributed by atoms with van der Waals surface area (Å²) in [4.78, 5) is 16.7. The highest BCUT2D eigenvalue weighted by Crippen LogP contribution is 2.30. The van der Waals surface area contributed by atoms with Crippen molar-refractivity contribution in [1.29, 1.82) is 0 Å². The van der Waals surface area contributed by atoms with E-state index in [1.54, 1.807) is 0 Å². The van der Waals surface area contributed by atoms with Gasteiger partial charge in [-0.3, -0.25) is 4.79 Å². The molecule has 30 heavy (non-hydrogen) atoms. The molecule has 11 heteroatoms. The number of nitrogens with zero attached hydrogens (tertiary/aromatic N) is 2. The first-order valence-corrected chi connectivity index (χ1v) is 11.7. The molecule has 0 spiro atoms. The van der Waals surface area contributed by atoms with Crippen LogP contribution in [0.25, 0.3) is 10.2 Å². The smallest absolute Gasteiger partial charge is 0.243 e. The zero-order valence-electron chi connectivity index (χ0n) is 15.4. The van der Waals surface area contributed by atoms with Gasteiger partial charge < -0.3 is 5.32 Å². The average Bonchev–Trinajstić information content (AvgIpc) is 3.11. The molecular weight excluding hydrogens is 456 g/mol. The number of thiazole rings is 1. The molecule has 0 unspecified atom stereocenters. The molecule has 158 valence electrons. The highest BCUT2D eigenvalue weighted by atomic mass is 35.5. The van der Waals surface area contributed by atoms with E-state index in [2.05, 4.69) is 10.3 Å². The van der Waals surface area contributed by atoms with Crippen LogP contribution in [0.2, 0.25) is 5.02 Å². The number of rotatable bonds is 4. The van der Waals surface area contributed by atoms with Gasteiger partial charge in [-0.25, -0.2) is 22.2 Å². The van der Waals surface area contributed by atoms with E-state index in [4.69, 9.17) is 11.6 Å². The molecule has 0 bridgehead atoms. The maximum absolute atomic E-state index is 13.8. The molecule has 1 amide bonds. The van der Waals surface area contributed by atoms with Crippen molar-refractivity contribution in [2.45, 2.75) is 17.7 Å². The zero-order chi connectivity index (χ0) is 21.5. The third-order valence-electron chi connectivity index (χ3n) is 4.92. The maximum Gasteiger partial charge on any atom is 0.243 e. The lowest BCUT2D eigenvalue weighted by atomic mass is 9.97. The molecule has 3 aromatic rings. The Hall–Kier alpha value is -2.14. The van der Waals surface area contributed by atoms with Gasteiger partial charge in [0.1, 0.15) is 11.3 Å². The first-order valence-electron chi connectivity index (χ1n) is 9.06. The van der Waals surface area contributed by atoms with Crippen LogP contribution in [0.1, 0.15) is 12.8 Å². The third-order valence-corrected chi connectivity index (χ3v) is 8.00. The van der Waals surface area contributed by atoms with Crippen molar-refractivity contribution in [3.8, 4) is 0 Å². The minimum Gasteiger partial charge on any atom is -0.302 e. The Balaban J connectivity index is 1.41. The van der Waals surface area contributed by atoms with E-state index in [1.807, 2.05) is 0 Å². The van der Waals surface area contributed by atoms with Crippen molar-refractivity contribution in [1.82, 2.24) is 9.29 Å². The summed E-state index contributed by atoms with van der Waals surface area (Å²) >= 11 is 6.79. The molecule has 2 aromatic carbocycles. The summed E-state index contributed by atoms with van der Waals surface area (Å²) in [6.45, 7) is 0.394. The van der Waals surface area contributed by atoms with E-state index in [0.29, 0.717) is 22.6 Å². The van der Waals surface area contributed by atoms with Gasteiger partial charge in [-0.2, -0.15) is 4.31 Å². The number of piperidine rings is 1. The average molecular weight is 472 g/mol. The summed E-state index contributed by atoms with van der Waals surface area (Å²) in [5, 5.41) is 3.26. The zero-order valence-corrected chi connectivity index (χ0v) is 17.8. The van der Waals surface area contributed by atoms with Crippen LogP contribution in [-0.2, 0) is 14.8 Å². The standard InChI is InChI=1S/C19H16ClF2N3O3S2/c20-12-1-3-14(4-2-12)30(27,28)25-7-5-11(6-8-25)18(26)24-19-23-17-15(22)9-13(21)10-16(17)29-19/h1-4,9-11H,5-8H2,(H,23,24,26). The summed E-state index contributed by atoms with van der Waals surface area (Å²) in [6, 6.07) is 7.83. The van der Waals surface area contributed by atoms with Crippen LogP contribution in [0.15, 0.2) is 41.3 Å². The minimum absolute atomic E-state index is 0.000534. The van der Waals surface area contributed by atoms with Gasteiger partial charge in [-0.05, 0) is 43.2 Å². The lowest BCUT2D eigenvalue weighted by Crippen LogP contribution is -2.41. The quantitative estimate of drug-likeness (QED) is 0.616. The van der Waals surface area contributed by atoms with Gasteiger partial charge >= 0.3 is 0 Å². The lowest BCUT2D eigenvalue weighted by Gasteiger charge is -2.30. The second kappa shape index (κ2) is 8.18. The van der Waals surface area contributed by atoms with Crippen LogP contribution in [0.3, 0.4) is 0 Å². The van der Waals surface area contributed by atoms with Gasteiger partial charge in [0.2, 0.25) is 15.9 Å². The fraction of sp³-hybridized carbons (Fsp3) is 0.263. The Labute approximate surface area is 180 Å². The normalized spacial score (nSPS) is 16.1. The molecular formula is C19H16ClF2N3O3S2. The van der Waals surface area contributed by atoms with E-state index in [9.17, 15) is 22.0 Å². The summed E-state index contributed by atoms with van der Waals surface area (Å²) in [5.41, 5.74) is 0.000534. The summed E-state index contributed by atoms with van der Waals surface area (Å²) in [6.07, 6.45) is 0.680. The van der Waals surface area contributed by atoms with Gasteiger partial charge in [-0.1, -0.05) is 22.9 Å². The predicted molar refractivity (Wildman–Crippen MR) is 111 cm³/mol. The molecule has 1 saturated heterocycles. The molecule has 1 fully saturated rings. The SMILES string of the molecule is O=C(Nc1nc2c(F)cc(F)cc2s1)C1CCN(S(=O)(=O)c2ccc(Cl)cc2)CC1.